The zero-order valence-corrected chi connectivity index (χ0v) is 17.5. The molecule has 0 radical (unpaired) electrons. The SMILES string of the molecule is Cc1nc(OCc2ccc(F)cc2F)c(Br)c(=O)n1-c1cc(NC(=O)CO)ccc1F. The van der Waals surface area contributed by atoms with Crippen LogP contribution in [0.25, 0.3) is 5.69 Å². The Kier molecular flexibility index (Phi) is 6.76. The highest BCUT2D eigenvalue weighted by atomic mass is 79.9. The van der Waals surface area contributed by atoms with Gasteiger partial charge in [-0.05, 0) is 53.2 Å². The van der Waals surface area contributed by atoms with Crippen LogP contribution in [-0.2, 0) is 11.4 Å². The van der Waals surface area contributed by atoms with E-state index in [0.717, 1.165) is 16.7 Å². The van der Waals surface area contributed by atoms with Crippen molar-refractivity contribution in [3.8, 4) is 11.6 Å². The number of hydrogen-bond donors (Lipinski definition) is 2. The number of carbonyl (C=O) groups excluding carboxylic acids is 1. The first-order valence-corrected chi connectivity index (χ1v) is 9.57. The highest BCUT2D eigenvalue weighted by Crippen LogP contribution is 2.24. The number of aliphatic hydroxyl groups excluding tert-OH is 1. The third kappa shape index (κ3) is 4.94. The second-order valence-corrected chi connectivity index (χ2v) is 7.11. The summed E-state index contributed by atoms with van der Waals surface area (Å²) in [4.78, 5) is 28.3. The molecule has 3 rings (SSSR count). The van der Waals surface area contributed by atoms with Crippen molar-refractivity contribution in [2.24, 2.45) is 0 Å². The van der Waals surface area contributed by atoms with Crippen molar-refractivity contribution >= 4 is 27.5 Å². The highest BCUT2D eigenvalue weighted by Gasteiger charge is 2.19. The summed E-state index contributed by atoms with van der Waals surface area (Å²) in [5, 5.41) is 11.2. The van der Waals surface area contributed by atoms with Crippen LogP contribution in [0.15, 0.2) is 45.7 Å². The minimum absolute atomic E-state index is 0.0484. The first-order valence-electron chi connectivity index (χ1n) is 8.77. The number of aliphatic hydroxyl groups is 1. The van der Waals surface area contributed by atoms with E-state index in [1.54, 1.807) is 0 Å². The number of nitrogens with zero attached hydrogens (tertiary/aromatic N) is 2. The van der Waals surface area contributed by atoms with Gasteiger partial charge in [0.25, 0.3) is 5.56 Å². The van der Waals surface area contributed by atoms with E-state index in [1.165, 1.54) is 25.1 Å². The second-order valence-electron chi connectivity index (χ2n) is 6.32. The lowest BCUT2D eigenvalue weighted by atomic mass is 10.2. The van der Waals surface area contributed by atoms with Crippen LogP contribution in [0.1, 0.15) is 11.4 Å². The zero-order chi connectivity index (χ0) is 22.7. The van der Waals surface area contributed by atoms with Crippen LogP contribution in [0.5, 0.6) is 5.88 Å². The van der Waals surface area contributed by atoms with Gasteiger partial charge in [-0.3, -0.25) is 14.2 Å². The number of amides is 1. The lowest BCUT2D eigenvalue weighted by Gasteiger charge is -2.15. The van der Waals surface area contributed by atoms with Gasteiger partial charge in [-0.25, -0.2) is 13.2 Å². The Morgan fingerprint density at radius 1 is 1.19 bits per heavy atom. The van der Waals surface area contributed by atoms with E-state index in [-0.39, 0.29) is 39.7 Å². The molecule has 0 aliphatic heterocycles. The van der Waals surface area contributed by atoms with Crippen LogP contribution in [0, 0.1) is 24.4 Å². The van der Waals surface area contributed by atoms with Crippen LogP contribution in [0.4, 0.5) is 18.9 Å². The summed E-state index contributed by atoms with van der Waals surface area (Å²) in [6.07, 6.45) is 0. The molecule has 1 amide bonds. The van der Waals surface area contributed by atoms with Crippen LogP contribution in [0.2, 0.25) is 0 Å². The van der Waals surface area contributed by atoms with Gasteiger partial charge in [0.05, 0.1) is 5.69 Å². The Balaban J connectivity index is 1.96. The van der Waals surface area contributed by atoms with Gasteiger partial charge < -0.3 is 15.2 Å². The Labute approximate surface area is 182 Å². The van der Waals surface area contributed by atoms with E-state index >= 15 is 0 Å². The molecule has 1 aromatic heterocycles. The quantitative estimate of drug-likeness (QED) is 0.545. The topological polar surface area (TPSA) is 93.5 Å². The number of hydrogen-bond acceptors (Lipinski definition) is 5. The minimum atomic E-state index is -0.815. The minimum Gasteiger partial charge on any atom is -0.472 e. The molecule has 7 nitrogen and oxygen atoms in total. The second kappa shape index (κ2) is 9.31. The molecule has 0 fully saturated rings. The number of rotatable bonds is 6. The van der Waals surface area contributed by atoms with E-state index < -0.39 is 35.5 Å². The molecule has 0 spiro atoms. The molecule has 2 N–H and O–H groups in total. The van der Waals surface area contributed by atoms with Gasteiger partial charge in [0.1, 0.15) is 41.0 Å². The Hall–Kier alpha value is -3.18. The lowest BCUT2D eigenvalue weighted by molar-refractivity contribution is -0.118. The van der Waals surface area contributed by atoms with Gasteiger partial charge in [-0.2, -0.15) is 4.98 Å². The van der Waals surface area contributed by atoms with Gasteiger partial charge in [0.15, 0.2) is 0 Å². The third-order valence-electron chi connectivity index (χ3n) is 4.16. The molecule has 0 atom stereocenters. The number of aromatic nitrogens is 2. The predicted molar refractivity (Wildman–Crippen MR) is 109 cm³/mol. The largest absolute Gasteiger partial charge is 0.472 e. The van der Waals surface area contributed by atoms with E-state index in [9.17, 15) is 22.8 Å². The van der Waals surface area contributed by atoms with Gasteiger partial charge in [-0.15, -0.1) is 0 Å². The van der Waals surface area contributed by atoms with Crippen molar-refractivity contribution in [3.63, 3.8) is 0 Å². The number of benzene rings is 2. The molecule has 0 unspecified atom stereocenters. The number of ether oxygens (including phenoxy) is 1. The lowest BCUT2D eigenvalue weighted by Crippen LogP contribution is -2.25. The van der Waals surface area contributed by atoms with Crippen molar-refractivity contribution in [2.45, 2.75) is 13.5 Å². The molecule has 1 heterocycles. The van der Waals surface area contributed by atoms with Crippen molar-refractivity contribution in [2.75, 3.05) is 11.9 Å². The predicted octanol–water partition coefficient (Wildman–Crippen LogP) is 3.23. The standard InChI is InChI=1S/C20H15BrF3N3O4/c1-10-25-19(31-9-11-2-3-12(22)6-15(11)24)18(21)20(30)27(10)16-7-13(4-5-14(16)23)26-17(29)8-28/h2-7,28H,8-9H2,1H3,(H,26,29). The number of carbonyl (C=O) groups is 1. The van der Waals surface area contributed by atoms with Crippen molar-refractivity contribution in [1.82, 2.24) is 9.55 Å². The van der Waals surface area contributed by atoms with E-state index in [4.69, 9.17) is 9.84 Å². The Morgan fingerprint density at radius 2 is 1.94 bits per heavy atom. The van der Waals surface area contributed by atoms with Gasteiger partial charge >= 0.3 is 0 Å². The fourth-order valence-corrected chi connectivity index (χ4v) is 3.09. The maximum atomic E-state index is 14.4. The smallest absolute Gasteiger partial charge is 0.276 e. The van der Waals surface area contributed by atoms with Gasteiger partial charge in [0, 0.05) is 17.3 Å². The van der Waals surface area contributed by atoms with Crippen LogP contribution >= 0.6 is 15.9 Å². The van der Waals surface area contributed by atoms with Crippen molar-refractivity contribution in [3.05, 3.63) is 80.1 Å². The number of halogens is 4. The Bertz CT molecular complexity index is 1220. The number of aryl methyl sites for hydroxylation is 1. The average Bonchev–Trinajstić information content (AvgIpc) is 2.72. The summed E-state index contributed by atoms with van der Waals surface area (Å²) in [7, 11) is 0. The normalized spacial score (nSPS) is 10.8. The highest BCUT2D eigenvalue weighted by molar-refractivity contribution is 9.10. The monoisotopic (exact) mass is 497 g/mol. The zero-order valence-electron chi connectivity index (χ0n) is 16.0. The van der Waals surface area contributed by atoms with Crippen LogP contribution < -0.4 is 15.6 Å². The summed E-state index contributed by atoms with van der Waals surface area (Å²) in [5.41, 5.74) is -0.700. The first kappa shape index (κ1) is 22.5. The first-order chi connectivity index (χ1) is 14.7. The van der Waals surface area contributed by atoms with E-state index in [0.29, 0.717) is 6.07 Å². The third-order valence-corrected chi connectivity index (χ3v) is 4.84. The molecule has 11 heteroatoms. The Morgan fingerprint density at radius 3 is 2.61 bits per heavy atom. The van der Waals surface area contributed by atoms with Gasteiger partial charge in [0.2, 0.25) is 11.8 Å². The van der Waals surface area contributed by atoms with Crippen LogP contribution in [0.3, 0.4) is 0 Å². The molecule has 162 valence electrons. The molecule has 0 aliphatic carbocycles. The average molecular weight is 498 g/mol. The molecule has 0 saturated carbocycles. The van der Waals surface area contributed by atoms with Crippen molar-refractivity contribution < 1.29 is 27.8 Å². The summed E-state index contributed by atoms with van der Waals surface area (Å²) in [6, 6.07) is 6.50. The molecule has 2 aromatic carbocycles. The van der Waals surface area contributed by atoms with E-state index in [2.05, 4.69) is 26.2 Å². The van der Waals surface area contributed by atoms with E-state index in [1.807, 2.05) is 0 Å². The molecule has 3 aromatic rings. The number of nitrogens with one attached hydrogen (secondary N) is 1. The molecule has 0 saturated heterocycles. The molecular weight excluding hydrogens is 483 g/mol. The summed E-state index contributed by atoms with van der Waals surface area (Å²) in [6.45, 7) is 0.342. The maximum absolute atomic E-state index is 14.4. The van der Waals surface area contributed by atoms with Crippen LogP contribution in [-0.4, -0.2) is 27.2 Å². The molecule has 31 heavy (non-hydrogen) atoms. The fraction of sp³-hybridized carbons (Fsp3) is 0.150. The molecular formula is C20H15BrF3N3O4. The molecule has 0 aliphatic rings. The summed E-state index contributed by atoms with van der Waals surface area (Å²) >= 11 is 3.06. The summed E-state index contributed by atoms with van der Waals surface area (Å²) in [5.74, 6) is -3.14. The fourth-order valence-electron chi connectivity index (χ4n) is 2.71. The molecule has 0 bridgehead atoms. The summed E-state index contributed by atoms with van der Waals surface area (Å²) < 4.78 is 47.5. The number of anilines is 1. The van der Waals surface area contributed by atoms with Gasteiger partial charge in [-0.1, -0.05) is 0 Å². The van der Waals surface area contributed by atoms with Crippen molar-refractivity contribution in [1.29, 1.82) is 0 Å². The maximum Gasteiger partial charge on any atom is 0.276 e.